The fourth-order valence-electron chi connectivity index (χ4n) is 4.36. The normalized spacial score (nSPS) is 15.5. The maximum atomic E-state index is 14.2. The largest absolute Gasteiger partial charge is 0.349 e. The number of halogens is 3. The SMILES string of the molecule is CN(C)C(=O)C1CCc2c(-c3ccc(S(=O)(=O)O)cc3)cc(C(=O)c3c(Cl)ccc(F)c3Cl)n2C1. The third-order valence-corrected chi connectivity index (χ3v) is 7.65. The van der Waals surface area contributed by atoms with E-state index < -0.39 is 26.7 Å². The average molecular weight is 539 g/mol. The summed E-state index contributed by atoms with van der Waals surface area (Å²) < 4.78 is 48.0. The van der Waals surface area contributed by atoms with E-state index in [1.54, 1.807) is 24.7 Å². The average Bonchev–Trinajstić information content (AvgIpc) is 3.19. The molecule has 4 rings (SSSR count). The maximum Gasteiger partial charge on any atom is 0.294 e. The zero-order chi connectivity index (χ0) is 25.7. The van der Waals surface area contributed by atoms with E-state index in [2.05, 4.69) is 0 Å². The van der Waals surface area contributed by atoms with Gasteiger partial charge in [-0.1, -0.05) is 35.3 Å². The van der Waals surface area contributed by atoms with Crippen molar-refractivity contribution in [2.75, 3.05) is 14.1 Å². The summed E-state index contributed by atoms with van der Waals surface area (Å²) in [5.41, 5.74) is 2.02. The molecule has 35 heavy (non-hydrogen) atoms. The van der Waals surface area contributed by atoms with Crippen molar-refractivity contribution in [2.45, 2.75) is 24.3 Å². The molecule has 1 aromatic heterocycles. The number of hydrogen-bond acceptors (Lipinski definition) is 4. The summed E-state index contributed by atoms with van der Waals surface area (Å²) in [7, 11) is -1.05. The molecule has 1 atom stereocenters. The van der Waals surface area contributed by atoms with E-state index in [4.69, 9.17) is 23.2 Å². The van der Waals surface area contributed by atoms with Gasteiger partial charge in [0.2, 0.25) is 11.7 Å². The van der Waals surface area contributed by atoms with Crippen molar-refractivity contribution in [3.8, 4) is 11.1 Å². The third-order valence-electron chi connectivity index (χ3n) is 6.10. The summed E-state index contributed by atoms with van der Waals surface area (Å²) in [5, 5.41) is -0.401. The fourth-order valence-corrected chi connectivity index (χ4v) is 5.39. The van der Waals surface area contributed by atoms with Crippen LogP contribution in [0.1, 0.15) is 28.2 Å². The van der Waals surface area contributed by atoms with Crippen molar-refractivity contribution < 1.29 is 27.0 Å². The molecule has 7 nitrogen and oxygen atoms in total. The van der Waals surface area contributed by atoms with Crippen molar-refractivity contribution in [2.24, 2.45) is 5.92 Å². The minimum atomic E-state index is -4.37. The molecule has 0 fully saturated rings. The predicted molar refractivity (Wildman–Crippen MR) is 130 cm³/mol. The van der Waals surface area contributed by atoms with Gasteiger partial charge in [0.05, 0.1) is 32.1 Å². The number of rotatable bonds is 5. The smallest absolute Gasteiger partial charge is 0.294 e. The first kappa shape index (κ1) is 25.4. The minimum Gasteiger partial charge on any atom is -0.349 e. The summed E-state index contributed by atoms with van der Waals surface area (Å²) in [6.45, 7) is 0.223. The lowest BCUT2D eigenvalue weighted by Gasteiger charge is -2.28. The molecule has 2 aromatic carbocycles. The van der Waals surface area contributed by atoms with E-state index in [-0.39, 0.29) is 39.5 Å². The Labute approximate surface area is 211 Å². The number of nitrogens with zero attached hydrogens (tertiary/aromatic N) is 2. The second-order valence-electron chi connectivity index (χ2n) is 8.52. The van der Waals surface area contributed by atoms with Crippen LogP contribution in [0.25, 0.3) is 11.1 Å². The molecule has 0 saturated carbocycles. The monoisotopic (exact) mass is 538 g/mol. The molecule has 0 aliphatic carbocycles. The molecule has 2 heterocycles. The Kier molecular flexibility index (Phi) is 6.80. The third kappa shape index (κ3) is 4.73. The van der Waals surface area contributed by atoms with Crippen LogP contribution in [0.2, 0.25) is 10.0 Å². The van der Waals surface area contributed by atoms with Gasteiger partial charge in [0.1, 0.15) is 5.82 Å². The van der Waals surface area contributed by atoms with Gasteiger partial charge in [0, 0.05) is 31.9 Å². The first-order valence-corrected chi connectivity index (χ1v) is 12.8. The number of benzene rings is 2. The first-order chi connectivity index (χ1) is 16.4. The molecule has 1 aliphatic heterocycles. The molecule has 1 amide bonds. The number of aromatic nitrogens is 1. The molecule has 11 heteroatoms. The highest BCUT2D eigenvalue weighted by Gasteiger charge is 2.32. The second kappa shape index (κ2) is 9.39. The van der Waals surface area contributed by atoms with Gasteiger partial charge in [-0.25, -0.2) is 4.39 Å². The fraction of sp³-hybridized carbons (Fsp3) is 0.250. The van der Waals surface area contributed by atoms with Gasteiger partial charge in [0.25, 0.3) is 10.1 Å². The predicted octanol–water partition coefficient (Wildman–Crippen LogP) is 4.73. The zero-order valence-corrected chi connectivity index (χ0v) is 21.1. The van der Waals surface area contributed by atoms with E-state index in [1.165, 1.54) is 35.2 Å². The van der Waals surface area contributed by atoms with Gasteiger partial charge >= 0.3 is 0 Å². The van der Waals surface area contributed by atoms with Crippen molar-refractivity contribution in [3.05, 3.63) is 75.3 Å². The maximum absolute atomic E-state index is 14.2. The Morgan fingerprint density at radius 3 is 2.37 bits per heavy atom. The second-order valence-corrected chi connectivity index (χ2v) is 10.7. The van der Waals surface area contributed by atoms with E-state index in [0.29, 0.717) is 24.0 Å². The van der Waals surface area contributed by atoms with Crippen LogP contribution in [0.3, 0.4) is 0 Å². The van der Waals surface area contributed by atoms with Gasteiger partial charge in [-0.3, -0.25) is 14.1 Å². The molecule has 1 unspecified atom stereocenters. The first-order valence-electron chi connectivity index (χ1n) is 10.6. The van der Waals surface area contributed by atoms with Gasteiger partial charge in [0.15, 0.2) is 0 Å². The van der Waals surface area contributed by atoms with Crippen molar-refractivity contribution in [1.29, 1.82) is 0 Å². The van der Waals surface area contributed by atoms with Gasteiger partial charge < -0.3 is 9.47 Å². The van der Waals surface area contributed by atoms with Crippen LogP contribution >= 0.6 is 23.2 Å². The van der Waals surface area contributed by atoms with Crippen LogP contribution in [-0.2, 0) is 27.9 Å². The van der Waals surface area contributed by atoms with E-state index in [1.807, 2.05) is 0 Å². The number of hydrogen-bond donors (Lipinski definition) is 1. The molecule has 184 valence electrons. The van der Waals surface area contributed by atoms with Gasteiger partial charge in [-0.15, -0.1) is 0 Å². The zero-order valence-electron chi connectivity index (χ0n) is 18.8. The number of ketones is 1. The van der Waals surface area contributed by atoms with Crippen LogP contribution in [0.15, 0.2) is 47.4 Å². The lowest BCUT2D eigenvalue weighted by molar-refractivity contribution is -0.133. The standard InChI is InChI=1S/C24H21Cl2FN2O5S/c1-28(2)24(31)14-5-10-19-16(13-3-6-15(7-4-13)35(32,33)34)11-20(29(19)12-14)23(30)21-17(25)8-9-18(27)22(21)26/h3-4,6-9,11,14H,5,10,12H2,1-2H3,(H,32,33,34). The number of amides is 1. The van der Waals surface area contributed by atoms with E-state index >= 15 is 0 Å². The molecular formula is C24H21Cl2FN2O5S. The Morgan fingerprint density at radius 1 is 1.11 bits per heavy atom. The molecule has 0 saturated heterocycles. The van der Waals surface area contributed by atoms with Crippen LogP contribution < -0.4 is 0 Å². The Bertz CT molecular complexity index is 1450. The highest BCUT2D eigenvalue weighted by atomic mass is 35.5. The summed E-state index contributed by atoms with van der Waals surface area (Å²) >= 11 is 12.3. The van der Waals surface area contributed by atoms with E-state index in [9.17, 15) is 27.0 Å². The minimum absolute atomic E-state index is 0.00673. The summed E-state index contributed by atoms with van der Waals surface area (Å²) in [6, 6.07) is 9.50. The number of fused-ring (bicyclic) bond motifs is 1. The van der Waals surface area contributed by atoms with Crippen molar-refractivity contribution >= 4 is 45.0 Å². The molecular weight excluding hydrogens is 518 g/mol. The molecule has 0 radical (unpaired) electrons. The van der Waals surface area contributed by atoms with Crippen LogP contribution in [0, 0.1) is 11.7 Å². The topological polar surface area (TPSA) is 96.7 Å². The summed E-state index contributed by atoms with van der Waals surface area (Å²) in [6.07, 6.45) is 1.02. The lowest BCUT2D eigenvalue weighted by atomic mass is 9.94. The van der Waals surface area contributed by atoms with Crippen LogP contribution in [0.4, 0.5) is 4.39 Å². The Morgan fingerprint density at radius 2 is 1.77 bits per heavy atom. The Balaban J connectivity index is 1.87. The van der Waals surface area contributed by atoms with Crippen LogP contribution in [0.5, 0.6) is 0 Å². The van der Waals surface area contributed by atoms with Gasteiger partial charge in [-0.2, -0.15) is 8.42 Å². The summed E-state index contributed by atoms with van der Waals surface area (Å²) in [5.74, 6) is -1.83. The number of carbonyl (C=O) groups is 2. The number of carbonyl (C=O) groups excluding carboxylic acids is 2. The van der Waals surface area contributed by atoms with Crippen molar-refractivity contribution in [3.63, 3.8) is 0 Å². The summed E-state index contributed by atoms with van der Waals surface area (Å²) in [4.78, 5) is 27.5. The quantitative estimate of drug-likeness (QED) is 0.287. The highest BCUT2D eigenvalue weighted by molar-refractivity contribution is 7.85. The van der Waals surface area contributed by atoms with Crippen LogP contribution in [-0.4, -0.2) is 48.2 Å². The molecule has 3 aromatic rings. The molecule has 0 bridgehead atoms. The molecule has 0 spiro atoms. The Hall–Kier alpha value is -2.72. The highest BCUT2D eigenvalue weighted by Crippen LogP contribution is 2.37. The van der Waals surface area contributed by atoms with Crippen molar-refractivity contribution in [1.82, 2.24) is 9.47 Å². The van der Waals surface area contributed by atoms with Gasteiger partial charge in [-0.05, 0) is 48.7 Å². The lowest BCUT2D eigenvalue weighted by Crippen LogP contribution is -2.36. The van der Waals surface area contributed by atoms with E-state index in [0.717, 1.165) is 11.8 Å². The molecule has 1 N–H and O–H groups in total. The molecule has 1 aliphatic rings.